The zero-order valence-electron chi connectivity index (χ0n) is 16.6. The molecule has 2 unspecified atom stereocenters. The van der Waals surface area contributed by atoms with Gasteiger partial charge in [-0.05, 0) is 6.07 Å². The maximum absolute atomic E-state index is 14.3. The summed E-state index contributed by atoms with van der Waals surface area (Å²) in [7, 11) is 1.58. The smallest absolute Gasteiger partial charge is 0.325 e. The molecule has 1 aromatic carbocycles. The fraction of sp³-hybridized carbons (Fsp3) is 0.474. The maximum Gasteiger partial charge on any atom is 0.325 e. The van der Waals surface area contributed by atoms with Crippen molar-refractivity contribution in [1.82, 2.24) is 24.9 Å². The van der Waals surface area contributed by atoms with Gasteiger partial charge < -0.3 is 20.4 Å². The summed E-state index contributed by atoms with van der Waals surface area (Å²) in [6.07, 6.45) is -0.684. The molecule has 0 bridgehead atoms. The largest absolute Gasteiger partial charge is 0.369 e. The van der Waals surface area contributed by atoms with Crippen LogP contribution >= 0.6 is 0 Å². The number of piperazine rings is 1. The number of urea groups is 1. The number of hydrogen-bond donors (Lipinski definition) is 2. The van der Waals surface area contributed by atoms with E-state index in [2.05, 4.69) is 10.3 Å². The predicted octanol–water partition coefficient (Wildman–Crippen LogP) is -1.02. The first-order valence-electron chi connectivity index (χ1n) is 9.76. The number of fused-ring (bicyclic) bond motifs is 1. The number of benzene rings is 1. The average Bonchev–Trinajstić information content (AvgIpc) is 3.08. The molecule has 0 aliphatic carbocycles. The molecule has 3 aliphatic heterocycles. The number of carbonyl (C=O) groups excluding carboxylic acids is 3. The van der Waals surface area contributed by atoms with Gasteiger partial charge in [-0.2, -0.15) is 0 Å². The number of likely N-dealkylation sites (N-methyl/N-ethyl adjacent to an activating group) is 1. The molecular weight excluding hydrogens is 393 g/mol. The summed E-state index contributed by atoms with van der Waals surface area (Å²) in [5.74, 6) is -0.660. The van der Waals surface area contributed by atoms with E-state index in [4.69, 9.17) is 5.73 Å². The van der Waals surface area contributed by atoms with Crippen molar-refractivity contribution in [3.63, 3.8) is 0 Å². The minimum Gasteiger partial charge on any atom is -0.369 e. The monoisotopic (exact) mass is 417 g/mol. The van der Waals surface area contributed by atoms with Gasteiger partial charge in [0.05, 0.1) is 6.54 Å². The van der Waals surface area contributed by atoms with E-state index in [9.17, 15) is 18.8 Å². The van der Waals surface area contributed by atoms with Crippen LogP contribution in [0.4, 0.5) is 9.18 Å². The molecule has 3 N–H and O–H groups in total. The van der Waals surface area contributed by atoms with E-state index in [-0.39, 0.29) is 24.8 Å². The Balaban J connectivity index is 1.60. The first-order chi connectivity index (χ1) is 14.3. The third-order valence-corrected chi connectivity index (χ3v) is 5.67. The zero-order chi connectivity index (χ0) is 21.4. The molecule has 1 aromatic rings. The van der Waals surface area contributed by atoms with Gasteiger partial charge in [0.1, 0.15) is 5.82 Å². The van der Waals surface area contributed by atoms with Crippen molar-refractivity contribution in [3.05, 3.63) is 35.6 Å². The van der Waals surface area contributed by atoms with Gasteiger partial charge >= 0.3 is 6.03 Å². The van der Waals surface area contributed by atoms with Gasteiger partial charge in [0.15, 0.2) is 18.2 Å². The van der Waals surface area contributed by atoms with E-state index in [1.165, 1.54) is 11.0 Å². The lowest BCUT2D eigenvalue weighted by Gasteiger charge is -2.40. The molecule has 2 fully saturated rings. The Bertz CT molecular complexity index is 900. The number of nitrogens with two attached hydrogens (primary N) is 1. The van der Waals surface area contributed by atoms with Crippen LogP contribution in [-0.2, 0) is 16.1 Å². The molecule has 3 aliphatic rings. The summed E-state index contributed by atoms with van der Waals surface area (Å²) in [4.78, 5) is 47.7. The Morgan fingerprint density at radius 2 is 1.93 bits per heavy atom. The predicted molar refractivity (Wildman–Crippen MR) is 105 cm³/mol. The molecule has 3 heterocycles. The molecule has 0 aromatic heterocycles. The number of nitrogens with zero attached hydrogens (tertiary/aromatic N) is 5. The van der Waals surface area contributed by atoms with Gasteiger partial charge in [-0.1, -0.05) is 18.2 Å². The van der Waals surface area contributed by atoms with Crippen molar-refractivity contribution in [2.24, 2.45) is 10.7 Å². The second kappa shape index (κ2) is 7.90. The van der Waals surface area contributed by atoms with E-state index in [1.54, 1.807) is 30.1 Å². The van der Waals surface area contributed by atoms with Crippen LogP contribution in [0.3, 0.4) is 0 Å². The van der Waals surface area contributed by atoms with Crippen molar-refractivity contribution in [2.75, 3.05) is 39.8 Å². The SMILES string of the molecule is CN1C(=O)NC(=O)C2C1N=C(N1CCN(CC(N)=O)CC1)N2Cc1ccccc1F. The number of rotatable bonds is 4. The van der Waals surface area contributed by atoms with E-state index in [0.717, 1.165) is 0 Å². The third-order valence-electron chi connectivity index (χ3n) is 5.67. The van der Waals surface area contributed by atoms with Crippen LogP contribution in [0.15, 0.2) is 29.3 Å². The number of halogens is 1. The van der Waals surface area contributed by atoms with Crippen LogP contribution in [-0.4, -0.2) is 95.4 Å². The second-order valence-electron chi connectivity index (χ2n) is 7.64. The first-order valence-corrected chi connectivity index (χ1v) is 9.76. The Hall–Kier alpha value is -3.21. The highest BCUT2D eigenvalue weighted by Gasteiger charge is 2.50. The third kappa shape index (κ3) is 3.67. The lowest BCUT2D eigenvalue weighted by Crippen LogP contribution is -2.64. The fourth-order valence-corrected chi connectivity index (χ4v) is 4.08. The topological polar surface area (TPSA) is 115 Å². The van der Waals surface area contributed by atoms with E-state index in [0.29, 0.717) is 37.7 Å². The molecular formula is C19H24FN7O3. The van der Waals surface area contributed by atoms with Crippen LogP contribution in [0.1, 0.15) is 5.56 Å². The molecule has 10 nitrogen and oxygen atoms in total. The molecule has 2 saturated heterocycles. The number of carbonyl (C=O) groups is 3. The van der Waals surface area contributed by atoms with Crippen molar-refractivity contribution in [1.29, 1.82) is 0 Å². The van der Waals surface area contributed by atoms with Crippen LogP contribution in [0, 0.1) is 5.82 Å². The molecule has 4 amide bonds. The molecule has 30 heavy (non-hydrogen) atoms. The van der Waals surface area contributed by atoms with E-state index in [1.807, 2.05) is 9.80 Å². The highest BCUT2D eigenvalue weighted by Crippen LogP contribution is 2.28. The van der Waals surface area contributed by atoms with Gasteiger partial charge in [-0.25, -0.2) is 14.2 Å². The molecule has 160 valence electrons. The molecule has 11 heteroatoms. The van der Waals surface area contributed by atoms with Gasteiger partial charge in [0.25, 0.3) is 5.91 Å². The van der Waals surface area contributed by atoms with Crippen molar-refractivity contribution < 1.29 is 18.8 Å². The number of guanidine groups is 1. The molecule has 0 spiro atoms. The quantitative estimate of drug-likeness (QED) is 0.648. The number of primary amides is 1. The molecule has 0 saturated carbocycles. The lowest BCUT2D eigenvalue weighted by atomic mass is 10.1. The minimum absolute atomic E-state index is 0.142. The number of nitrogens with one attached hydrogen (secondary N) is 1. The van der Waals surface area contributed by atoms with Crippen molar-refractivity contribution in [2.45, 2.75) is 18.8 Å². The van der Waals surface area contributed by atoms with Crippen LogP contribution in [0.2, 0.25) is 0 Å². The Morgan fingerprint density at radius 3 is 2.60 bits per heavy atom. The number of imide groups is 1. The van der Waals surface area contributed by atoms with Crippen LogP contribution in [0.25, 0.3) is 0 Å². The van der Waals surface area contributed by atoms with E-state index < -0.39 is 24.1 Å². The van der Waals surface area contributed by atoms with Gasteiger partial charge in [-0.15, -0.1) is 0 Å². The summed E-state index contributed by atoms with van der Waals surface area (Å²) < 4.78 is 14.3. The van der Waals surface area contributed by atoms with Gasteiger partial charge in [0, 0.05) is 45.3 Å². The molecule has 4 rings (SSSR count). The van der Waals surface area contributed by atoms with Crippen molar-refractivity contribution in [3.8, 4) is 0 Å². The summed E-state index contributed by atoms with van der Waals surface area (Å²) in [6, 6.07) is 5.13. The Morgan fingerprint density at radius 1 is 1.23 bits per heavy atom. The first kappa shape index (κ1) is 20.1. The maximum atomic E-state index is 14.3. The number of amides is 4. The second-order valence-corrected chi connectivity index (χ2v) is 7.64. The van der Waals surface area contributed by atoms with E-state index >= 15 is 0 Å². The van der Waals surface area contributed by atoms with Gasteiger partial charge in [0.2, 0.25) is 5.91 Å². The van der Waals surface area contributed by atoms with Crippen LogP contribution < -0.4 is 11.1 Å². The lowest BCUT2D eigenvalue weighted by molar-refractivity contribution is -0.127. The Labute approximate surface area is 173 Å². The summed E-state index contributed by atoms with van der Waals surface area (Å²) in [6.45, 7) is 2.67. The number of aliphatic imine (C=N–C) groups is 1. The highest BCUT2D eigenvalue weighted by atomic mass is 19.1. The van der Waals surface area contributed by atoms with Gasteiger partial charge in [-0.3, -0.25) is 19.8 Å². The highest BCUT2D eigenvalue weighted by molar-refractivity contribution is 6.03. The minimum atomic E-state index is -0.744. The number of hydrogen-bond acceptors (Lipinski definition) is 7. The molecule has 0 radical (unpaired) electrons. The average molecular weight is 417 g/mol. The molecule has 2 atom stereocenters. The Kier molecular flexibility index (Phi) is 5.29. The van der Waals surface area contributed by atoms with Crippen LogP contribution in [0.5, 0.6) is 0 Å². The summed E-state index contributed by atoms with van der Waals surface area (Å²) in [5.41, 5.74) is 5.72. The normalized spacial score (nSPS) is 24.6. The fourth-order valence-electron chi connectivity index (χ4n) is 4.08. The summed E-state index contributed by atoms with van der Waals surface area (Å²) >= 11 is 0. The zero-order valence-corrected chi connectivity index (χ0v) is 16.6. The van der Waals surface area contributed by atoms with Crippen molar-refractivity contribution >= 4 is 23.8 Å². The summed E-state index contributed by atoms with van der Waals surface area (Å²) in [5, 5.41) is 2.34. The standard InChI is InChI=1S/C19H24FN7O3/c1-24-16-15(17(29)23-19(24)30)27(10-12-4-2-3-5-13(12)20)18(22-16)26-8-6-25(7-9-26)11-14(21)28/h2-5,15-16H,6-11H2,1H3,(H2,21,28)(H,23,29,30).